The third-order valence-electron chi connectivity index (χ3n) is 28.0. The zero-order valence-electron chi connectivity index (χ0n) is 78.0. The molecule has 0 fully saturated rings. The van der Waals surface area contributed by atoms with Crippen molar-refractivity contribution in [1.29, 1.82) is 0 Å². The van der Waals surface area contributed by atoms with Gasteiger partial charge in [0, 0.05) is 133 Å². The smallest absolute Gasteiger partial charge is 0.162 e. The van der Waals surface area contributed by atoms with Gasteiger partial charge in [-0.05, 0) is 138 Å². The van der Waals surface area contributed by atoms with Crippen LogP contribution in [0.4, 0.5) is 0 Å². The molecule has 9 heterocycles. The van der Waals surface area contributed by atoms with Gasteiger partial charge in [0.1, 0.15) is 17.5 Å². The van der Waals surface area contributed by atoms with Gasteiger partial charge in [-0.25, -0.2) is 29.9 Å². The molecule has 29 rings (SSSR count). The third-order valence-corrected chi connectivity index (χ3v) is 28.0. The van der Waals surface area contributed by atoms with Gasteiger partial charge in [0.25, 0.3) is 0 Å². The minimum absolute atomic E-state index is 0.687. The topological polar surface area (TPSA) is 107 Å². The second-order valence-electron chi connectivity index (χ2n) is 36.3. The zero-order chi connectivity index (χ0) is 95.1. The number of hydrogen-bond acceptors (Lipinski definition) is 6. The Hall–Kier alpha value is -19.6. The van der Waals surface area contributed by atoms with E-state index in [2.05, 4.69) is 501 Å². The summed E-state index contributed by atoms with van der Waals surface area (Å²) in [6.07, 6.45) is 0. The molecule has 0 radical (unpaired) electrons. The van der Waals surface area contributed by atoms with Crippen LogP contribution in [-0.4, -0.2) is 57.3 Å². The van der Waals surface area contributed by atoms with E-state index in [0.29, 0.717) is 17.5 Å². The highest BCUT2D eigenvalue weighted by Crippen LogP contribution is 2.48. The van der Waals surface area contributed by atoms with Crippen LogP contribution in [0.15, 0.2) is 522 Å². The van der Waals surface area contributed by atoms with E-state index in [1.54, 1.807) is 0 Å². The summed E-state index contributed by atoms with van der Waals surface area (Å²) in [4.78, 5) is 31.2. The van der Waals surface area contributed by atoms with Crippen LogP contribution in [0.25, 0.3) is 256 Å². The first-order valence-electron chi connectivity index (χ1n) is 48.7. The summed E-state index contributed by atoms with van der Waals surface area (Å²) in [7, 11) is 0. The fourth-order valence-corrected chi connectivity index (χ4v) is 21.7. The van der Waals surface area contributed by atoms with Crippen LogP contribution < -0.4 is 0 Å². The summed E-state index contributed by atoms with van der Waals surface area (Å²) < 4.78 is 14.1. The Bertz CT molecular complexity index is 9920. The fraction of sp³-hybridized carbons (Fsp3) is 0. The average molecular weight is 1840 g/mol. The van der Waals surface area contributed by atoms with Crippen LogP contribution in [0, 0.1) is 0 Å². The second kappa shape index (κ2) is 35.5. The van der Waals surface area contributed by atoms with Gasteiger partial charge in [-0.3, -0.25) is 13.7 Å². The molecule has 0 amide bonds. The highest BCUT2D eigenvalue weighted by atomic mass is 15.1. The van der Waals surface area contributed by atoms with Crippen molar-refractivity contribution in [2.24, 2.45) is 0 Å². The molecule has 0 unspecified atom stereocenters. The van der Waals surface area contributed by atoms with Gasteiger partial charge < -0.3 is 13.7 Å². The minimum atomic E-state index is 0.687. The first kappa shape index (κ1) is 83.8. The van der Waals surface area contributed by atoms with E-state index >= 15 is 0 Å². The average Bonchev–Trinajstić information content (AvgIpc) is 1.55. The monoisotopic (exact) mass is 1840 g/mol. The van der Waals surface area contributed by atoms with Crippen LogP contribution in [0.5, 0.6) is 0 Å². The van der Waals surface area contributed by atoms with Crippen molar-refractivity contribution in [2.75, 3.05) is 0 Å². The van der Waals surface area contributed by atoms with Crippen LogP contribution in [0.3, 0.4) is 0 Å². The van der Waals surface area contributed by atoms with Crippen molar-refractivity contribution in [1.82, 2.24) is 57.3 Å². The molecule has 0 saturated carbocycles. The number of aromatic nitrogens is 12. The van der Waals surface area contributed by atoms with E-state index in [1.165, 1.54) is 103 Å². The van der Waals surface area contributed by atoms with E-state index < -0.39 is 0 Å². The maximum atomic E-state index is 5.35. The summed E-state index contributed by atoms with van der Waals surface area (Å²) in [5, 5.41) is 14.7. The van der Waals surface area contributed by atoms with Crippen molar-refractivity contribution in [3.8, 4) is 125 Å². The third kappa shape index (κ3) is 14.5. The summed E-state index contributed by atoms with van der Waals surface area (Å²) >= 11 is 0. The Labute approximate surface area is 828 Å². The molecule has 0 aliphatic heterocycles. The first-order valence-corrected chi connectivity index (χ1v) is 48.7. The number of para-hydroxylation sites is 9. The van der Waals surface area contributed by atoms with Gasteiger partial charge in [-0.15, -0.1) is 0 Å². The lowest BCUT2D eigenvalue weighted by Crippen LogP contribution is -2.02. The molecule has 0 atom stereocenters. The molecule has 0 saturated heterocycles. The summed E-state index contributed by atoms with van der Waals surface area (Å²) in [6, 6.07) is 184. The lowest BCUT2D eigenvalue weighted by atomic mass is 10.0. The molecule has 0 aliphatic rings. The number of fused-ring (bicyclic) bond motifs is 21. The fourth-order valence-electron chi connectivity index (χ4n) is 21.7. The summed E-state index contributed by atoms with van der Waals surface area (Å²) in [6.45, 7) is 0. The predicted molar refractivity (Wildman–Crippen MR) is 596 cm³/mol. The van der Waals surface area contributed by atoms with Crippen molar-refractivity contribution in [3.63, 3.8) is 0 Å². The maximum absolute atomic E-state index is 5.35. The molecule has 144 heavy (non-hydrogen) atoms. The molecule has 0 aliphatic carbocycles. The van der Waals surface area contributed by atoms with Gasteiger partial charge in [0.2, 0.25) is 0 Å². The van der Waals surface area contributed by atoms with Crippen LogP contribution in [0.1, 0.15) is 0 Å². The molecule has 0 bridgehead atoms. The van der Waals surface area contributed by atoms with E-state index in [1.807, 2.05) is 48.5 Å². The molecule has 0 N–H and O–H groups in total. The highest BCUT2D eigenvalue weighted by Gasteiger charge is 2.28. The number of nitrogens with zero attached hydrogens (tertiary/aromatic N) is 12. The maximum Gasteiger partial charge on any atom is 0.162 e. The minimum Gasteiger partial charge on any atom is -0.309 e. The van der Waals surface area contributed by atoms with Gasteiger partial charge in [0.15, 0.2) is 17.5 Å². The highest BCUT2D eigenvalue weighted by molar-refractivity contribution is 6.32. The Morgan fingerprint density at radius 2 is 0.312 bits per heavy atom. The van der Waals surface area contributed by atoms with E-state index in [4.69, 9.17) is 29.9 Å². The summed E-state index contributed by atoms with van der Waals surface area (Å²) in [5.74, 6) is 4.58. The predicted octanol–water partition coefficient (Wildman–Crippen LogP) is 33.3. The molecule has 674 valence electrons. The normalized spacial score (nSPS) is 11.6. The van der Waals surface area contributed by atoms with Gasteiger partial charge in [-0.1, -0.05) is 388 Å². The number of rotatable bonds is 14. The quantitative estimate of drug-likeness (QED) is 0.107. The molecule has 20 aromatic carbocycles. The summed E-state index contributed by atoms with van der Waals surface area (Å²) in [5.41, 5.74) is 30.6. The number of benzene rings is 20. The Morgan fingerprint density at radius 3 is 0.604 bits per heavy atom. The van der Waals surface area contributed by atoms with Gasteiger partial charge in [-0.2, -0.15) is 0 Å². The van der Waals surface area contributed by atoms with Gasteiger partial charge >= 0.3 is 0 Å². The lowest BCUT2D eigenvalue weighted by Gasteiger charge is -2.13. The van der Waals surface area contributed by atoms with Crippen LogP contribution in [0.2, 0.25) is 0 Å². The second-order valence-corrected chi connectivity index (χ2v) is 36.3. The van der Waals surface area contributed by atoms with Crippen molar-refractivity contribution >= 4 is 131 Å². The SMILES string of the molecule is c1ccc(-c2cc(-n3c4ccccc4c4c5c6ccccc6n(-c6ccccc6)c5ccc43)nc(-c3ccccc3)n2)cc1.c1ccc(-c2ccc(-c3nc(-c4ccccc4)cc(-n4c5ccccc5c5c6c7ccccc7n(-c7ccccc7)c6ccc54)n3)cc2)cc1.c1ccc(-c2cccc(-c3nc(-c4ccccc4)cc(-n4c5ccccc5c5c6c7ccccc7n(-c7ccccc7)c6ccc54)n3)c2)cc1. The van der Waals surface area contributed by atoms with Crippen molar-refractivity contribution in [2.45, 2.75) is 0 Å². The molecule has 9 aromatic heterocycles. The van der Waals surface area contributed by atoms with Crippen LogP contribution >= 0.6 is 0 Å². The molecule has 29 aromatic rings. The van der Waals surface area contributed by atoms with E-state index in [-0.39, 0.29) is 0 Å². The molecule has 0 spiro atoms. The number of hydrogen-bond donors (Lipinski definition) is 0. The Morgan fingerprint density at radius 1 is 0.118 bits per heavy atom. The molecule has 12 nitrogen and oxygen atoms in total. The molecule has 12 heteroatoms. The Kier molecular flexibility index (Phi) is 20.6. The standard InChI is InChI=1S/2C46H30N4.C40H26N4/c1-4-15-31(16-5-1)33-19-14-20-34(29-33)46-47-38(32-17-6-2-7-18-32)30-43(48-46)50-40-26-13-11-24-37(40)45-42(50)28-27-41-44(45)36-23-10-12-25-39(36)49(41)35-21-8-3-9-22-35;1-4-14-31(15-5-1)32-24-26-34(27-25-32)46-47-38(33-16-6-2-7-17-33)30-43(48-46)50-40-23-13-11-21-37(40)45-42(50)29-28-41-44(45)36-20-10-12-22-39(36)49(41)35-18-8-3-9-19-35;1-4-14-27(15-5-1)32-26-37(42-40(41-32)28-16-6-2-7-17-28)44-34-23-13-11-21-31(34)39-36(44)25-24-35-38(39)30-20-10-12-22-33(30)43(35)29-18-8-3-9-19-29/h2*1-30H;1-26H. The van der Waals surface area contributed by atoms with Crippen molar-refractivity contribution in [3.05, 3.63) is 522 Å². The van der Waals surface area contributed by atoms with Crippen molar-refractivity contribution < 1.29 is 0 Å². The lowest BCUT2D eigenvalue weighted by molar-refractivity contribution is 1.05. The first-order chi connectivity index (χ1) is 71.5. The van der Waals surface area contributed by atoms with E-state index in [0.717, 1.165) is 135 Å². The molecular formula is C132H86N12. The van der Waals surface area contributed by atoms with Gasteiger partial charge in [0.05, 0.1) is 83.3 Å². The van der Waals surface area contributed by atoms with E-state index in [9.17, 15) is 0 Å². The zero-order valence-corrected chi connectivity index (χ0v) is 78.0. The Balaban J connectivity index is 0.000000108. The van der Waals surface area contributed by atoms with Crippen LogP contribution in [-0.2, 0) is 0 Å². The molecular weight excluding hydrogens is 1750 g/mol. The largest absolute Gasteiger partial charge is 0.309 e.